The Labute approximate surface area is 148 Å². The van der Waals surface area contributed by atoms with Gasteiger partial charge in [-0.15, -0.1) is 11.3 Å². The molecular weight excluding hydrogens is 344 g/mol. The van der Waals surface area contributed by atoms with Crippen LogP contribution in [0.1, 0.15) is 50.2 Å². The summed E-state index contributed by atoms with van der Waals surface area (Å²) >= 11 is 0.992. The minimum absolute atomic E-state index is 0.0116. The van der Waals surface area contributed by atoms with Gasteiger partial charge in [-0.2, -0.15) is 8.42 Å². The largest absolute Gasteiger partial charge is 0.508 e. The molecule has 0 aliphatic heterocycles. The number of phenolic OH excluding ortho intramolecular Hbond substituents is 1. The summed E-state index contributed by atoms with van der Waals surface area (Å²) in [5, 5.41) is 11.0. The monoisotopic (exact) mass is 370 g/mol. The zero-order chi connectivity index (χ0) is 18.0. The second-order valence-corrected chi connectivity index (χ2v) is 8.29. The highest BCUT2D eigenvalue weighted by Crippen LogP contribution is 2.18. The Morgan fingerprint density at radius 3 is 2.29 bits per heavy atom. The molecule has 2 aromatic rings. The number of thiophene rings is 1. The highest BCUT2D eigenvalue weighted by atomic mass is 32.3. The molecule has 134 valence electrons. The summed E-state index contributed by atoms with van der Waals surface area (Å²) in [6.07, 6.45) is 7.75. The van der Waals surface area contributed by atoms with Crippen molar-refractivity contribution in [2.45, 2.75) is 56.6 Å². The van der Waals surface area contributed by atoms with E-state index in [1.54, 1.807) is 17.5 Å². The maximum Gasteiger partial charge on any atom is 0.304 e. The molecule has 0 spiro atoms. The van der Waals surface area contributed by atoms with Crippen LogP contribution >= 0.6 is 11.3 Å². The third-order valence-electron chi connectivity index (χ3n) is 3.58. The number of hydrogen-bond acceptors (Lipinski definition) is 4. The lowest BCUT2D eigenvalue weighted by Gasteiger charge is -2.04. The number of rotatable bonds is 7. The van der Waals surface area contributed by atoms with Gasteiger partial charge in [0, 0.05) is 0 Å². The van der Waals surface area contributed by atoms with E-state index in [1.807, 2.05) is 13.0 Å². The fraction of sp³-hybridized carbons (Fsp3) is 0.444. The van der Waals surface area contributed by atoms with Crippen molar-refractivity contribution in [1.82, 2.24) is 0 Å². The van der Waals surface area contributed by atoms with Gasteiger partial charge in [-0.3, -0.25) is 4.55 Å². The summed E-state index contributed by atoms with van der Waals surface area (Å²) in [5.74, 6) is 0.407. The van der Waals surface area contributed by atoms with Gasteiger partial charge in [0.15, 0.2) is 0 Å². The molecular formula is C18H26O4S2. The molecule has 0 atom stereocenters. The minimum Gasteiger partial charge on any atom is -0.508 e. The standard InChI is InChI=1S/C14H22O.C4H4O3S2/c1-3-4-5-6-7-8-13-9-10-14(15)12(2)11-13;5-9(6,7)4-2-1-3-8-4/h9-11,15H,3-8H2,1-2H3;1-3H,(H,5,6,7). The number of aryl methyl sites for hydroxylation is 2. The molecule has 1 aromatic heterocycles. The van der Waals surface area contributed by atoms with Crippen LogP contribution in [0.25, 0.3) is 0 Å². The number of benzene rings is 1. The van der Waals surface area contributed by atoms with Crippen molar-refractivity contribution in [3.05, 3.63) is 46.8 Å². The predicted molar refractivity (Wildman–Crippen MR) is 99.4 cm³/mol. The average Bonchev–Trinajstić information content (AvgIpc) is 3.06. The van der Waals surface area contributed by atoms with E-state index in [2.05, 4.69) is 13.0 Å². The predicted octanol–water partition coefficient (Wildman–Crippen LogP) is 5.21. The highest BCUT2D eigenvalue weighted by Gasteiger charge is 2.08. The molecule has 24 heavy (non-hydrogen) atoms. The third kappa shape index (κ3) is 7.95. The molecule has 0 fully saturated rings. The van der Waals surface area contributed by atoms with Crippen molar-refractivity contribution in [3.63, 3.8) is 0 Å². The van der Waals surface area contributed by atoms with Crippen molar-refractivity contribution in [1.29, 1.82) is 0 Å². The molecule has 0 saturated carbocycles. The Hall–Kier alpha value is -1.37. The van der Waals surface area contributed by atoms with Crippen LogP contribution < -0.4 is 0 Å². The van der Waals surface area contributed by atoms with Crippen molar-refractivity contribution in [2.24, 2.45) is 0 Å². The number of aromatic hydroxyl groups is 1. The van der Waals surface area contributed by atoms with Crippen molar-refractivity contribution in [2.75, 3.05) is 0 Å². The first-order valence-corrected chi connectivity index (χ1v) is 10.5. The lowest BCUT2D eigenvalue weighted by Crippen LogP contribution is -1.92. The smallest absolute Gasteiger partial charge is 0.304 e. The van der Waals surface area contributed by atoms with Crippen molar-refractivity contribution < 1.29 is 18.1 Å². The molecule has 6 heteroatoms. The van der Waals surface area contributed by atoms with Gasteiger partial charge in [0.05, 0.1) is 0 Å². The molecule has 0 bridgehead atoms. The van der Waals surface area contributed by atoms with Crippen LogP contribution in [0.15, 0.2) is 39.9 Å². The molecule has 0 saturated heterocycles. The first kappa shape index (κ1) is 20.7. The van der Waals surface area contributed by atoms with Crippen LogP contribution in [0.2, 0.25) is 0 Å². The lowest BCUT2D eigenvalue weighted by molar-refractivity contribution is 0.470. The van der Waals surface area contributed by atoms with Crippen LogP contribution in [0, 0.1) is 6.92 Å². The average molecular weight is 371 g/mol. The summed E-state index contributed by atoms with van der Waals surface area (Å²) in [7, 11) is -3.94. The quantitative estimate of drug-likeness (QED) is 0.518. The number of phenols is 1. The second-order valence-electron chi connectivity index (χ2n) is 5.69. The molecule has 2 rings (SSSR count). The zero-order valence-corrected chi connectivity index (χ0v) is 15.9. The second kappa shape index (κ2) is 10.5. The number of hydrogen-bond donors (Lipinski definition) is 2. The highest BCUT2D eigenvalue weighted by molar-refractivity contribution is 7.88. The summed E-state index contributed by atoms with van der Waals surface area (Å²) in [6.45, 7) is 4.19. The van der Waals surface area contributed by atoms with E-state index in [0.29, 0.717) is 5.75 Å². The Morgan fingerprint density at radius 1 is 1.08 bits per heavy atom. The molecule has 1 heterocycles. The fourth-order valence-corrected chi connectivity index (χ4v) is 3.57. The van der Waals surface area contributed by atoms with Gasteiger partial charge >= 0.3 is 10.1 Å². The summed E-state index contributed by atoms with van der Waals surface area (Å²) < 4.78 is 28.9. The van der Waals surface area contributed by atoms with Gasteiger partial charge in [-0.1, -0.05) is 50.8 Å². The number of unbranched alkanes of at least 4 members (excludes halogenated alkanes) is 4. The molecule has 0 unspecified atom stereocenters. The summed E-state index contributed by atoms with van der Waals surface area (Å²) in [5.41, 5.74) is 2.34. The third-order valence-corrected chi connectivity index (χ3v) is 5.81. The topological polar surface area (TPSA) is 74.6 Å². The maximum atomic E-state index is 10.3. The Morgan fingerprint density at radius 2 is 1.79 bits per heavy atom. The van der Waals surface area contributed by atoms with Gasteiger partial charge in [-0.25, -0.2) is 0 Å². The summed E-state index contributed by atoms with van der Waals surface area (Å²) in [6, 6.07) is 8.84. The van der Waals surface area contributed by atoms with E-state index in [9.17, 15) is 13.5 Å². The normalized spacial score (nSPS) is 11.0. The molecule has 0 amide bonds. The first-order valence-electron chi connectivity index (χ1n) is 8.14. The molecule has 0 aliphatic carbocycles. The first-order chi connectivity index (χ1) is 11.3. The Kier molecular flexibility index (Phi) is 9.03. The van der Waals surface area contributed by atoms with Crippen LogP contribution in [0.3, 0.4) is 0 Å². The van der Waals surface area contributed by atoms with Gasteiger partial charge < -0.3 is 5.11 Å². The van der Waals surface area contributed by atoms with E-state index < -0.39 is 10.1 Å². The van der Waals surface area contributed by atoms with Crippen LogP contribution in [-0.4, -0.2) is 18.1 Å². The molecule has 4 nitrogen and oxygen atoms in total. The van der Waals surface area contributed by atoms with Gasteiger partial charge in [0.25, 0.3) is 0 Å². The lowest BCUT2D eigenvalue weighted by atomic mass is 10.0. The summed E-state index contributed by atoms with van der Waals surface area (Å²) in [4.78, 5) is 0. The molecule has 1 aromatic carbocycles. The van der Waals surface area contributed by atoms with Gasteiger partial charge in [0.1, 0.15) is 9.96 Å². The van der Waals surface area contributed by atoms with E-state index in [4.69, 9.17) is 4.55 Å². The van der Waals surface area contributed by atoms with E-state index in [1.165, 1.54) is 43.7 Å². The van der Waals surface area contributed by atoms with Crippen LogP contribution in [0.4, 0.5) is 0 Å². The van der Waals surface area contributed by atoms with E-state index >= 15 is 0 Å². The molecule has 0 radical (unpaired) electrons. The van der Waals surface area contributed by atoms with Gasteiger partial charge in [-0.05, 0) is 48.4 Å². The van der Waals surface area contributed by atoms with Crippen molar-refractivity contribution >= 4 is 21.5 Å². The van der Waals surface area contributed by atoms with Gasteiger partial charge in [0.2, 0.25) is 0 Å². The Bertz CT molecular complexity index is 692. The van der Waals surface area contributed by atoms with Crippen molar-refractivity contribution in [3.8, 4) is 5.75 Å². The zero-order valence-electron chi connectivity index (χ0n) is 14.2. The molecule has 0 aliphatic rings. The molecule has 2 N–H and O–H groups in total. The maximum absolute atomic E-state index is 10.3. The minimum atomic E-state index is -3.94. The van der Waals surface area contributed by atoms with E-state index in [0.717, 1.165) is 23.3 Å². The van der Waals surface area contributed by atoms with Crippen LogP contribution in [-0.2, 0) is 16.5 Å². The SMILES string of the molecule is CCCCCCCc1ccc(O)c(C)c1.O=S(=O)(O)c1cccs1. The van der Waals surface area contributed by atoms with Crippen LogP contribution in [0.5, 0.6) is 5.75 Å². The fourth-order valence-electron chi connectivity index (χ4n) is 2.22. The van der Waals surface area contributed by atoms with E-state index in [-0.39, 0.29) is 4.21 Å². The Balaban J connectivity index is 0.000000272.